The van der Waals surface area contributed by atoms with E-state index < -0.39 is 0 Å². The number of amides is 2. The van der Waals surface area contributed by atoms with Gasteiger partial charge >= 0.3 is 6.03 Å². The summed E-state index contributed by atoms with van der Waals surface area (Å²) in [6.45, 7) is 2.13. The van der Waals surface area contributed by atoms with Crippen molar-refractivity contribution >= 4 is 46.4 Å². The van der Waals surface area contributed by atoms with Gasteiger partial charge in [0.25, 0.3) is 0 Å². The van der Waals surface area contributed by atoms with Crippen LogP contribution in [0.25, 0.3) is 0 Å². The van der Waals surface area contributed by atoms with Crippen molar-refractivity contribution in [3.8, 4) is 0 Å². The molecule has 2 heterocycles. The maximum absolute atomic E-state index is 12.3. The molecule has 30 heavy (non-hydrogen) atoms. The first-order valence-corrected chi connectivity index (χ1v) is 11.1. The number of carbonyl (C=O) groups is 1. The van der Waals surface area contributed by atoms with Crippen molar-refractivity contribution in [1.82, 2.24) is 10.2 Å². The highest BCUT2D eigenvalue weighted by Crippen LogP contribution is 2.24. The van der Waals surface area contributed by atoms with Gasteiger partial charge in [-0.1, -0.05) is 6.07 Å². The average molecular weight is 421 g/mol. The number of thioether (sulfide) groups is 1. The molecule has 1 aliphatic rings. The molecule has 0 aliphatic carbocycles. The van der Waals surface area contributed by atoms with Crippen molar-refractivity contribution in [2.24, 2.45) is 0 Å². The van der Waals surface area contributed by atoms with Gasteiger partial charge in [0.15, 0.2) is 5.82 Å². The average Bonchev–Trinajstić information content (AvgIpc) is 3.30. The summed E-state index contributed by atoms with van der Waals surface area (Å²) >= 11 is 1.63. The first kappa shape index (κ1) is 20.0. The van der Waals surface area contributed by atoms with Crippen LogP contribution in [0.4, 0.5) is 33.4 Å². The van der Waals surface area contributed by atoms with Gasteiger partial charge < -0.3 is 20.9 Å². The molecule has 3 aromatic rings. The van der Waals surface area contributed by atoms with E-state index in [1.165, 1.54) is 12.8 Å². The number of urea groups is 1. The molecule has 4 rings (SSSR count). The topological polar surface area (TPSA) is 82.2 Å². The van der Waals surface area contributed by atoms with E-state index in [-0.39, 0.29) is 6.03 Å². The zero-order valence-electron chi connectivity index (χ0n) is 16.8. The Morgan fingerprint density at radius 2 is 1.70 bits per heavy atom. The van der Waals surface area contributed by atoms with Crippen molar-refractivity contribution in [3.05, 3.63) is 60.8 Å². The third-order valence-corrected chi connectivity index (χ3v) is 5.58. The number of benzene rings is 2. The van der Waals surface area contributed by atoms with Crippen LogP contribution in [-0.4, -0.2) is 35.6 Å². The van der Waals surface area contributed by atoms with E-state index in [1.54, 1.807) is 18.0 Å². The molecule has 0 spiro atoms. The molecule has 1 fully saturated rings. The van der Waals surface area contributed by atoms with Crippen LogP contribution in [0.15, 0.2) is 65.7 Å². The minimum atomic E-state index is -0.279. The van der Waals surface area contributed by atoms with Gasteiger partial charge in [-0.25, -0.2) is 4.79 Å². The molecule has 0 radical (unpaired) electrons. The Balaban J connectivity index is 1.34. The van der Waals surface area contributed by atoms with Crippen LogP contribution in [0.2, 0.25) is 0 Å². The first-order chi connectivity index (χ1) is 14.7. The number of anilines is 5. The summed E-state index contributed by atoms with van der Waals surface area (Å²) in [6, 6.07) is 16.9. The second-order valence-electron chi connectivity index (χ2n) is 7.01. The molecule has 8 heteroatoms. The lowest BCUT2D eigenvalue weighted by atomic mass is 10.2. The smallest absolute Gasteiger partial charge is 0.323 e. The lowest BCUT2D eigenvalue weighted by molar-refractivity contribution is 0.262. The van der Waals surface area contributed by atoms with Gasteiger partial charge in [-0.05, 0) is 61.6 Å². The molecule has 7 nitrogen and oxygen atoms in total. The van der Waals surface area contributed by atoms with Crippen LogP contribution in [0, 0.1) is 0 Å². The standard InChI is InChI=1S/C22H24N6OS/c1-30-20-6-4-5-18(13-20)26-22(29)25-17-9-7-16(8-10-17)24-21-14-19(15-23-27-21)28-11-2-3-12-28/h4-10,13-15H,2-3,11-12H2,1H3,(H,24,27)(H2,25,26,29). The molecule has 1 aromatic heterocycles. The van der Waals surface area contributed by atoms with E-state index in [1.807, 2.05) is 60.9 Å². The molecule has 0 unspecified atom stereocenters. The fourth-order valence-corrected chi connectivity index (χ4v) is 3.80. The van der Waals surface area contributed by atoms with Crippen LogP contribution < -0.4 is 20.9 Å². The number of nitrogens with zero attached hydrogens (tertiary/aromatic N) is 3. The van der Waals surface area contributed by atoms with E-state index in [4.69, 9.17) is 0 Å². The third-order valence-electron chi connectivity index (χ3n) is 4.85. The summed E-state index contributed by atoms with van der Waals surface area (Å²) in [6.07, 6.45) is 6.24. The number of rotatable bonds is 6. The van der Waals surface area contributed by atoms with Crippen LogP contribution >= 0.6 is 11.8 Å². The Morgan fingerprint density at radius 1 is 0.967 bits per heavy atom. The molecule has 1 aliphatic heterocycles. The zero-order valence-corrected chi connectivity index (χ0v) is 17.6. The van der Waals surface area contributed by atoms with Crippen LogP contribution in [0.5, 0.6) is 0 Å². The summed E-state index contributed by atoms with van der Waals surface area (Å²) in [5.41, 5.74) is 3.43. The van der Waals surface area contributed by atoms with E-state index in [0.717, 1.165) is 35.0 Å². The summed E-state index contributed by atoms with van der Waals surface area (Å²) in [5.74, 6) is 0.700. The lowest BCUT2D eigenvalue weighted by Gasteiger charge is -2.17. The molecule has 2 amide bonds. The van der Waals surface area contributed by atoms with E-state index in [0.29, 0.717) is 11.5 Å². The Bertz CT molecular complexity index is 1000. The maximum Gasteiger partial charge on any atom is 0.323 e. The second-order valence-corrected chi connectivity index (χ2v) is 7.89. The monoisotopic (exact) mass is 420 g/mol. The van der Waals surface area contributed by atoms with Crippen molar-refractivity contribution in [1.29, 1.82) is 0 Å². The van der Waals surface area contributed by atoms with E-state index in [9.17, 15) is 4.79 Å². The zero-order chi connectivity index (χ0) is 20.8. The highest BCUT2D eigenvalue weighted by Gasteiger charge is 2.13. The number of hydrogen-bond acceptors (Lipinski definition) is 6. The van der Waals surface area contributed by atoms with Crippen molar-refractivity contribution in [3.63, 3.8) is 0 Å². The Hall–Kier alpha value is -3.26. The molecule has 154 valence electrons. The summed E-state index contributed by atoms with van der Waals surface area (Å²) in [5, 5.41) is 17.2. The summed E-state index contributed by atoms with van der Waals surface area (Å²) in [4.78, 5) is 15.7. The predicted molar refractivity (Wildman–Crippen MR) is 124 cm³/mol. The molecule has 0 atom stereocenters. The second kappa shape index (κ2) is 9.49. The number of hydrogen-bond donors (Lipinski definition) is 3. The SMILES string of the molecule is CSc1cccc(NC(=O)Nc2ccc(Nc3cc(N4CCCC4)cnn3)cc2)c1. The number of aromatic nitrogens is 2. The summed E-state index contributed by atoms with van der Waals surface area (Å²) < 4.78 is 0. The lowest BCUT2D eigenvalue weighted by Crippen LogP contribution is -2.19. The molecule has 1 saturated heterocycles. The largest absolute Gasteiger partial charge is 0.370 e. The van der Waals surface area contributed by atoms with Crippen LogP contribution in [0.3, 0.4) is 0 Å². The van der Waals surface area contributed by atoms with Gasteiger partial charge in [0, 0.05) is 41.1 Å². The minimum Gasteiger partial charge on any atom is -0.370 e. The van der Waals surface area contributed by atoms with Crippen LogP contribution in [-0.2, 0) is 0 Å². The minimum absolute atomic E-state index is 0.279. The van der Waals surface area contributed by atoms with Gasteiger partial charge in [-0.15, -0.1) is 16.9 Å². The quantitative estimate of drug-likeness (QED) is 0.476. The highest BCUT2D eigenvalue weighted by molar-refractivity contribution is 7.98. The summed E-state index contributed by atoms with van der Waals surface area (Å²) in [7, 11) is 0. The van der Waals surface area contributed by atoms with E-state index >= 15 is 0 Å². The van der Waals surface area contributed by atoms with Gasteiger partial charge in [0.1, 0.15) is 0 Å². The molecule has 0 bridgehead atoms. The first-order valence-electron chi connectivity index (χ1n) is 9.86. The van der Waals surface area contributed by atoms with Gasteiger partial charge in [-0.2, -0.15) is 5.10 Å². The Morgan fingerprint density at radius 3 is 2.47 bits per heavy atom. The van der Waals surface area contributed by atoms with Gasteiger partial charge in [0.2, 0.25) is 0 Å². The van der Waals surface area contributed by atoms with Gasteiger partial charge in [0.05, 0.1) is 11.9 Å². The normalized spacial score (nSPS) is 13.2. The van der Waals surface area contributed by atoms with Crippen molar-refractivity contribution in [2.75, 3.05) is 40.2 Å². The van der Waals surface area contributed by atoms with Crippen molar-refractivity contribution in [2.45, 2.75) is 17.7 Å². The molecule has 2 aromatic carbocycles. The fourth-order valence-electron chi connectivity index (χ4n) is 3.34. The van der Waals surface area contributed by atoms with Crippen LogP contribution in [0.1, 0.15) is 12.8 Å². The Kier molecular flexibility index (Phi) is 6.34. The number of nitrogens with one attached hydrogen (secondary N) is 3. The number of carbonyl (C=O) groups excluding carboxylic acids is 1. The highest BCUT2D eigenvalue weighted by atomic mass is 32.2. The molecular weight excluding hydrogens is 396 g/mol. The van der Waals surface area contributed by atoms with Crippen molar-refractivity contribution < 1.29 is 4.79 Å². The van der Waals surface area contributed by atoms with Gasteiger partial charge in [-0.3, -0.25) is 0 Å². The maximum atomic E-state index is 12.3. The molecule has 3 N–H and O–H groups in total. The van der Waals surface area contributed by atoms with E-state index in [2.05, 4.69) is 31.0 Å². The Labute approximate surface area is 180 Å². The third kappa shape index (κ3) is 5.21. The fraction of sp³-hybridized carbons (Fsp3) is 0.227. The molecule has 0 saturated carbocycles. The molecular formula is C22H24N6OS. The predicted octanol–water partition coefficient (Wildman–Crippen LogP) is 5.19.